The predicted molar refractivity (Wildman–Crippen MR) is 73.2 cm³/mol. The zero-order valence-electron chi connectivity index (χ0n) is 11.5. The first-order valence-electron chi connectivity index (χ1n) is 7.78. The van der Waals surface area contributed by atoms with Crippen LogP contribution < -0.4 is 0 Å². The summed E-state index contributed by atoms with van der Waals surface area (Å²) in [6.45, 7) is 0. The molecule has 3 aliphatic carbocycles. The van der Waals surface area contributed by atoms with Gasteiger partial charge in [-0.3, -0.25) is 9.59 Å². The molecule has 4 fully saturated rings. The molecule has 5 atom stereocenters. The Kier molecular flexibility index (Phi) is 2.99. The number of carbonyl (C=O) groups excluding carboxylic acids is 2. The molecule has 4 nitrogen and oxygen atoms in total. The molecule has 0 spiro atoms. The van der Waals surface area contributed by atoms with E-state index in [0.29, 0.717) is 23.8 Å². The summed E-state index contributed by atoms with van der Waals surface area (Å²) >= 11 is 5.57. The van der Waals surface area contributed by atoms with E-state index in [0.717, 1.165) is 25.7 Å². The van der Waals surface area contributed by atoms with Crippen LogP contribution in [0.4, 0.5) is 0 Å². The fourth-order valence-electron chi connectivity index (χ4n) is 5.22. The van der Waals surface area contributed by atoms with Gasteiger partial charge in [0.2, 0.25) is 5.91 Å². The molecule has 3 saturated carbocycles. The Hall–Kier alpha value is -0.770. The van der Waals surface area contributed by atoms with Gasteiger partial charge in [-0.1, -0.05) is 12.8 Å². The Balaban J connectivity index is 1.61. The first-order chi connectivity index (χ1) is 9.70. The second-order valence-corrected chi connectivity index (χ2v) is 7.03. The molecule has 5 unspecified atom stereocenters. The minimum atomic E-state index is -0.341. The molecule has 1 aliphatic heterocycles. The summed E-state index contributed by atoms with van der Waals surface area (Å²) in [7, 11) is 0. The topological polar surface area (TPSA) is 46.6 Å². The van der Waals surface area contributed by atoms with Crippen molar-refractivity contribution in [2.45, 2.75) is 56.7 Å². The summed E-state index contributed by atoms with van der Waals surface area (Å²) in [5.74, 6) is 0.891. The third kappa shape index (κ3) is 1.66. The number of esters is 1. The Labute approximate surface area is 123 Å². The molecule has 20 heavy (non-hydrogen) atoms. The molecule has 1 amide bonds. The standard InChI is InChI=1S/C15H20ClNO3/c16-7-12(18)20-14-8-5-10-11(6-8)15(19)17(13(10)14)9-3-1-2-4-9/h8-11,13-14H,1-7H2. The number of alkyl halides is 1. The van der Waals surface area contributed by atoms with E-state index in [1.807, 2.05) is 0 Å². The molecule has 4 aliphatic rings. The molecule has 0 radical (unpaired) electrons. The molecular formula is C15H20ClNO3. The highest BCUT2D eigenvalue weighted by Gasteiger charge is 2.65. The van der Waals surface area contributed by atoms with Crippen LogP contribution in [-0.4, -0.2) is 40.8 Å². The number of rotatable bonds is 3. The highest BCUT2D eigenvalue weighted by atomic mass is 35.5. The maximum atomic E-state index is 12.7. The fraction of sp³-hybridized carbons (Fsp3) is 0.867. The molecule has 0 aromatic carbocycles. The number of halogens is 1. The summed E-state index contributed by atoms with van der Waals surface area (Å²) in [6, 6.07) is 0.524. The van der Waals surface area contributed by atoms with Crippen LogP contribution in [-0.2, 0) is 14.3 Å². The van der Waals surface area contributed by atoms with Crippen LogP contribution in [0.5, 0.6) is 0 Å². The minimum absolute atomic E-state index is 0.0958. The number of ether oxygens (including phenoxy) is 1. The van der Waals surface area contributed by atoms with Crippen LogP contribution in [0.15, 0.2) is 0 Å². The number of amides is 1. The van der Waals surface area contributed by atoms with Crippen LogP contribution in [0.25, 0.3) is 0 Å². The van der Waals surface area contributed by atoms with E-state index < -0.39 is 0 Å². The molecule has 0 N–H and O–H groups in total. The highest BCUT2D eigenvalue weighted by molar-refractivity contribution is 6.26. The lowest BCUT2D eigenvalue weighted by Gasteiger charge is -2.35. The fourth-order valence-corrected chi connectivity index (χ4v) is 5.28. The van der Waals surface area contributed by atoms with Gasteiger partial charge in [0.15, 0.2) is 0 Å². The summed E-state index contributed by atoms with van der Waals surface area (Å²) in [6.07, 6.45) is 6.51. The quantitative estimate of drug-likeness (QED) is 0.591. The molecule has 0 aromatic rings. The third-order valence-electron chi connectivity index (χ3n) is 5.88. The van der Waals surface area contributed by atoms with Crippen molar-refractivity contribution in [2.24, 2.45) is 17.8 Å². The lowest BCUT2D eigenvalue weighted by Crippen LogP contribution is -2.48. The number of hydrogen-bond donors (Lipinski definition) is 0. The van der Waals surface area contributed by atoms with Crippen molar-refractivity contribution in [1.29, 1.82) is 0 Å². The Morgan fingerprint density at radius 2 is 2.05 bits per heavy atom. The zero-order chi connectivity index (χ0) is 13.9. The molecule has 2 bridgehead atoms. The molecule has 5 heteroatoms. The largest absolute Gasteiger partial charge is 0.459 e. The average Bonchev–Trinajstić information content (AvgIpc) is 3.16. The Morgan fingerprint density at radius 1 is 1.30 bits per heavy atom. The molecular weight excluding hydrogens is 278 g/mol. The predicted octanol–water partition coefficient (Wildman–Crippen LogP) is 1.95. The van der Waals surface area contributed by atoms with E-state index in [1.165, 1.54) is 12.8 Å². The summed E-state index contributed by atoms with van der Waals surface area (Å²) < 4.78 is 5.60. The molecule has 110 valence electrons. The van der Waals surface area contributed by atoms with Gasteiger partial charge in [0.1, 0.15) is 12.0 Å². The third-order valence-corrected chi connectivity index (χ3v) is 6.09. The van der Waals surface area contributed by atoms with Gasteiger partial charge in [-0.15, -0.1) is 11.6 Å². The van der Waals surface area contributed by atoms with Gasteiger partial charge < -0.3 is 9.64 Å². The monoisotopic (exact) mass is 297 g/mol. The lowest BCUT2D eigenvalue weighted by atomic mass is 9.87. The molecule has 1 heterocycles. The van der Waals surface area contributed by atoms with Gasteiger partial charge in [0.25, 0.3) is 0 Å². The van der Waals surface area contributed by atoms with Crippen molar-refractivity contribution >= 4 is 23.5 Å². The lowest BCUT2D eigenvalue weighted by molar-refractivity contribution is -0.152. The molecule has 0 aromatic heterocycles. The minimum Gasteiger partial charge on any atom is -0.459 e. The number of nitrogens with zero attached hydrogens (tertiary/aromatic N) is 1. The van der Waals surface area contributed by atoms with Gasteiger partial charge in [-0.2, -0.15) is 0 Å². The second kappa shape index (κ2) is 4.62. The van der Waals surface area contributed by atoms with Gasteiger partial charge >= 0.3 is 5.97 Å². The van der Waals surface area contributed by atoms with Crippen LogP contribution in [0.2, 0.25) is 0 Å². The van der Waals surface area contributed by atoms with Gasteiger partial charge in [0, 0.05) is 12.0 Å². The smallest absolute Gasteiger partial charge is 0.321 e. The van der Waals surface area contributed by atoms with E-state index in [4.69, 9.17) is 16.3 Å². The summed E-state index contributed by atoms with van der Waals surface area (Å²) in [5.41, 5.74) is 0. The highest BCUT2D eigenvalue weighted by Crippen LogP contribution is 2.57. The van der Waals surface area contributed by atoms with Crippen LogP contribution in [0, 0.1) is 17.8 Å². The average molecular weight is 298 g/mol. The number of hydrogen-bond acceptors (Lipinski definition) is 3. The van der Waals surface area contributed by atoms with Gasteiger partial charge in [-0.25, -0.2) is 0 Å². The van der Waals surface area contributed by atoms with E-state index in [1.54, 1.807) is 0 Å². The van der Waals surface area contributed by atoms with Gasteiger partial charge in [0.05, 0.1) is 6.04 Å². The molecule has 4 rings (SSSR count). The van der Waals surface area contributed by atoms with Crippen molar-refractivity contribution in [3.05, 3.63) is 0 Å². The molecule has 1 saturated heterocycles. The number of fused-ring (bicyclic) bond motifs is 1. The Bertz CT molecular complexity index is 448. The van der Waals surface area contributed by atoms with E-state index in [9.17, 15) is 9.59 Å². The van der Waals surface area contributed by atoms with Crippen LogP contribution in [0.1, 0.15) is 38.5 Å². The number of likely N-dealkylation sites (tertiary alicyclic amines) is 1. The summed E-state index contributed by atoms with van der Waals surface area (Å²) in [4.78, 5) is 26.4. The van der Waals surface area contributed by atoms with Crippen molar-refractivity contribution < 1.29 is 14.3 Å². The van der Waals surface area contributed by atoms with E-state index >= 15 is 0 Å². The van der Waals surface area contributed by atoms with Crippen LogP contribution in [0.3, 0.4) is 0 Å². The first-order valence-corrected chi connectivity index (χ1v) is 8.31. The van der Waals surface area contributed by atoms with Crippen molar-refractivity contribution in [3.63, 3.8) is 0 Å². The maximum absolute atomic E-state index is 12.7. The van der Waals surface area contributed by atoms with Crippen molar-refractivity contribution in [1.82, 2.24) is 4.90 Å². The number of carbonyl (C=O) groups is 2. The summed E-state index contributed by atoms with van der Waals surface area (Å²) in [5, 5.41) is 0. The maximum Gasteiger partial charge on any atom is 0.321 e. The van der Waals surface area contributed by atoms with E-state index in [-0.39, 0.29) is 29.9 Å². The second-order valence-electron chi connectivity index (χ2n) is 6.76. The normalized spacial score (nSPS) is 42.8. The van der Waals surface area contributed by atoms with Crippen molar-refractivity contribution in [2.75, 3.05) is 5.88 Å². The van der Waals surface area contributed by atoms with Crippen LogP contribution >= 0.6 is 11.6 Å². The Morgan fingerprint density at radius 3 is 2.75 bits per heavy atom. The SMILES string of the molecule is O=C(CCl)OC1C2CC3C(=O)N(C4CCCC4)C1C3C2. The van der Waals surface area contributed by atoms with Crippen molar-refractivity contribution in [3.8, 4) is 0 Å². The first kappa shape index (κ1) is 12.9. The van der Waals surface area contributed by atoms with Gasteiger partial charge in [-0.05, 0) is 37.5 Å². The zero-order valence-corrected chi connectivity index (χ0v) is 12.2. The van der Waals surface area contributed by atoms with E-state index in [2.05, 4.69) is 4.90 Å².